The summed E-state index contributed by atoms with van der Waals surface area (Å²) in [6.07, 6.45) is 3.43. The van der Waals surface area contributed by atoms with Crippen LogP contribution in [0.25, 0.3) is 0 Å². The Labute approximate surface area is 71.2 Å². The molecule has 4 heteroatoms. The van der Waals surface area contributed by atoms with Crippen molar-refractivity contribution < 1.29 is 9.53 Å². The molecule has 0 saturated carbocycles. The molecule has 0 N–H and O–H groups in total. The van der Waals surface area contributed by atoms with Crippen LogP contribution in [0.1, 0.15) is 18.7 Å². The zero-order valence-electron chi connectivity index (χ0n) is 7.44. The summed E-state index contributed by atoms with van der Waals surface area (Å²) < 4.78 is 6.31. The van der Waals surface area contributed by atoms with Crippen molar-refractivity contribution in [2.75, 3.05) is 7.11 Å². The number of ether oxygens (including phenoxy) is 1. The molecule has 0 aromatic carbocycles. The smallest absolute Gasteiger partial charge is 0.328 e. The number of aryl methyl sites for hydroxylation is 1. The molecule has 1 aromatic heterocycles. The van der Waals surface area contributed by atoms with Crippen molar-refractivity contribution in [3.63, 3.8) is 0 Å². The topological polar surface area (TPSA) is 44.1 Å². The third kappa shape index (κ3) is 1.64. The first-order chi connectivity index (χ1) is 5.65. The highest BCUT2D eigenvalue weighted by atomic mass is 16.5. The van der Waals surface area contributed by atoms with Crippen molar-refractivity contribution in [1.82, 2.24) is 9.55 Å². The van der Waals surface area contributed by atoms with Gasteiger partial charge < -0.3 is 9.30 Å². The summed E-state index contributed by atoms with van der Waals surface area (Å²) in [5.74, 6) is -0.257. The Kier molecular flexibility index (Phi) is 2.47. The third-order valence-electron chi connectivity index (χ3n) is 1.72. The summed E-state index contributed by atoms with van der Waals surface area (Å²) >= 11 is 0. The molecule has 66 valence electrons. The Bertz CT molecular complexity index is 280. The first-order valence-electron chi connectivity index (χ1n) is 3.73. The van der Waals surface area contributed by atoms with Gasteiger partial charge in [0.15, 0.2) is 0 Å². The number of nitrogens with zero attached hydrogens (tertiary/aromatic N) is 2. The average Bonchev–Trinajstić information content (AvgIpc) is 2.49. The van der Waals surface area contributed by atoms with Crippen LogP contribution in [0, 0.1) is 6.92 Å². The molecule has 12 heavy (non-hydrogen) atoms. The maximum atomic E-state index is 11.1. The van der Waals surface area contributed by atoms with E-state index in [2.05, 4.69) is 9.72 Å². The molecular formula is C8H12N2O2. The highest BCUT2D eigenvalue weighted by molar-refractivity contribution is 5.73. The minimum Gasteiger partial charge on any atom is -0.467 e. The van der Waals surface area contributed by atoms with E-state index in [0.29, 0.717) is 0 Å². The van der Waals surface area contributed by atoms with Crippen molar-refractivity contribution in [3.8, 4) is 0 Å². The van der Waals surface area contributed by atoms with Gasteiger partial charge in [-0.15, -0.1) is 0 Å². The molecule has 0 bridgehead atoms. The van der Waals surface area contributed by atoms with E-state index in [4.69, 9.17) is 0 Å². The van der Waals surface area contributed by atoms with Gasteiger partial charge in [0.05, 0.1) is 19.1 Å². The van der Waals surface area contributed by atoms with Crippen LogP contribution in [-0.2, 0) is 9.53 Å². The van der Waals surface area contributed by atoms with E-state index < -0.39 is 0 Å². The van der Waals surface area contributed by atoms with Crippen LogP contribution in [0.4, 0.5) is 0 Å². The number of esters is 1. The van der Waals surface area contributed by atoms with Gasteiger partial charge in [0, 0.05) is 6.20 Å². The third-order valence-corrected chi connectivity index (χ3v) is 1.72. The molecule has 0 aliphatic rings. The predicted octanol–water partition coefficient (Wildman–Crippen LogP) is 0.926. The predicted molar refractivity (Wildman–Crippen MR) is 43.7 cm³/mol. The minimum absolute atomic E-state index is 0.257. The number of carbonyl (C=O) groups excluding carboxylic acids is 1. The van der Waals surface area contributed by atoms with E-state index in [0.717, 1.165) is 5.69 Å². The fourth-order valence-electron chi connectivity index (χ4n) is 0.944. The summed E-state index contributed by atoms with van der Waals surface area (Å²) in [7, 11) is 1.38. The number of imidazole rings is 1. The van der Waals surface area contributed by atoms with Crippen molar-refractivity contribution in [2.45, 2.75) is 19.9 Å². The average molecular weight is 168 g/mol. The highest BCUT2D eigenvalue weighted by Gasteiger charge is 2.14. The summed E-state index contributed by atoms with van der Waals surface area (Å²) in [4.78, 5) is 15.1. The molecule has 0 fully saturated rings. The lowest BCUT2D eigenvalue weighted by molar-refractivity contribution is -0.144. The quantitative estimate of drug-likeness (QED) is 0.617. The van der Waals surface area contributed by atoms with Crippen molar-refractivity contribution >= 4 is 5.97 Å². The number of methoxy groups -OCH3 is 1. The van der Waals surface area contributed by atoms with Gasteiger partial charge in [-0.25, -0.2) is 9.78 Å². The highest BCUT2D eigenvalue weighted by Crippen LogP contribution is 2.07. The molecule has 0 radical (unpaired) electrons. The fourth-order valence-corrected chi connectivity index (χ4v) is 0.944. The molecule has 0 aliphatic carbocycles. The van der Waals surface area contributed by atoms with Gasteiger partial charge in [-0.1, -0.05) is 0 Å². The largest absolute Gasteiger partial charge is 0.467 e. The second-order valence-electron chi connectivity index (χ2n) is 2.66. The Hall–Kier alpha value is -1.32. The van der Waals surface area contributed by atoms with Crippen LogP contribution >= 0.6 is 0 Å². The molecule has 0 aliphatic heterocycles. The number of rotatable bonds is 2. The maximum Gasteiger partial charge on any atom is 0.328 e. The molecule has 1 rings (SSSR count). The van der Waals surface area contributed by atoms with E-state index in [9.17, 15) is 4.79 Å². The van der Waals surface area contributed by atoms with Gasteiger partial charge >= 0.3 is 5.97 Å². The van der Waals surface area contributed by atoms with Crippen LogP contribution in [0.3, 0.4) is 0 Å². The molecule has 1 heterocycles. The number of carbonyl (C=O) groups is 1. The molecule has 4 nitrogen and oxygen atoms in total. The molecule has 0 saturated heterocycles. The zero-order chi connectivity index (χ0) is 9.14. The van der Waals surface area contributed by atoms with Gasteiger partial charge in [-0.3, -0.25) is 0 Å². The lowest BCUT2D eigenvalue weighted by Crippen LogP contribution is -2.16. The van der Waals surface area contributed by atoms with E-state index in [-0.39, 0.29) is 12.0 Å². The maximum absolute atomic E-state index is 11.1. The Balaban J connectivity index is 2.77. The minimum atomic E-state index is -0.295. The Morgan fingerprint density at radius 3 is 2.83 bits per heavy atom. The second-order valence-corrected chi connectivity index (χ2v) is 2.66. The summed E-state index contributed by atoms with van der Waals surface area (Å²) in [6, 6.07) is -0.295. The second kappa shape index (κ2) is 3.38. The summed E-state index contributed by atoms with van der Waals surface area (Å²) in [6.45, 7) is 3.65. The van der Waals surface area contributed by atoms with Crippen LogP contribution < -0.4 is 0 Å². The normalized spacial score (nSPS) is 12.6. The van der Waals surface area contributed by atoms with Crippen LogP contribution in [-0.4, -0.2) is 22.6 Å². The molecular weight excluding hydrogens is 156 g/mol. The van der Waals surface area contributed by atoms with E-state index in [1.807, 2.05) is 13.1 Å². The number of aromatic nitrogens is 2. The first kappa shape index (κ1) is 8.77. The van der Waals surface area contributed by atoms with Crippen LogP contribution in [0.5, 0.6) is 0 Å². The lowest BCUT2D eigenvalue weighted by Gasteiger charge is -2.09. The standard InChI is InChI=1S/C8H12N2O2/c1-6-4-10(5-9-6)7(2)8(11)12-3/h4-5,7H,1-3H3. The van der Waals surface area contributed by atoms with Gasteiger partial charge in [0.25, 0.3) is 0 Å². The lowest BCUT2D eigenvalue weighted by atomic mass is 10.3. The monoisotopic (exact) mass is 168 g/mol. The Morgan fingerprint density at radius 1 is 1.75 bits per heavy atom. The Morgan fingerprint density at radius 2 is 2.42 bits per heavy atom. The summed E-state index contributed by atoms with van der Waals surface area (Å²) in [5.41, 5.74) is 0.894. The van der Waals surface area contributed by atoms with E-state index >= 15 is 0 Å². The van der Waals surface area contributed by atoms with Crippen molar-refractivity contribution in [3.05, 3.63) is 18.2 Å². The molecule has 1 atom stereocenters. The molecule has 0 spiro atoms. The molecule has 1 unspecified atom stereocenters. The number of hydrogen-bond acceptors (Lipinski definition) is 3. The van der Waals surface area contributed by atoms with Gasteiger partial charge in [-0.2, -0.15) is 0 Å². The van der Waals surface area contributed by atoms with Crippen LogP contribution in [0.2, 0.25) is 0 Å². The summed E-state index contributed by atoms with van der Waals surface area (Å²) in [5, 5.41) is 0. The van der Waals surface area contributed by atoms with Crippen LogP contribution in [0.15, 0.2) is 12.5 Å². The molecule has 0 amide bonds. The van der Waals surface area contributed by atoms with E-state index in [1.165, 1.54) is 7.11 Å². The van der Waals surface area contributed by atoms with Gasteiger partial charge in [0.1, 0.15) is 6.04 Å². The number of hydrogen-bond donors (Lipinski definition) is 0. The van der Waals surface area contributed by atoms with Gasteiger partial charge in [0.2, 0.25) is 0 Å². The van der Waals surface area contributed by atoms with Crippen molar-refractivity contribution in [1.29, 1.82) is 0 Å². The SMILES string of the molecule is COC(=O)C(C)n1cnc(C)c1. The fraction of sp³-hybridized carbons (Fsp3) is 0.500. The first-order valence-corrected chi connectivity index (χ1v) is 3.73. The van der Waals surface area contributed by atoms with Crippen molar-refractivity contribution in [2.24, 2.45) is 0 Å². The van der Waals surface area contributed by atoms with E-state index in [1.54, 1.807) is 17.8 Å². The van der Waals surface area contributed by atoms with Gasteiger partial charge in [-0.05, 0) is 13.8 Å². The zero-order valence-corrected chi connectivity index (χ0v) is 7.44. The molecule has 1 aromatic rings.